The third kappa shape index (κ3) is 5.39. The minimum Gasteiger partial charge on any atom is -0.457 e. The molecule has 1 aliphatic rings. The summed E-state index contributed by atoms with van der Waals surface area (Å²) in [6, 6.07) is 8.39. The summed E-state index contributed by atoms with van der Waals surface area (Å²) < 4.78 is 7.37. The van der Waals surface area contributed by atoms with E-state index in [1.165, 1.54) is 16.8 Å². The van der Waals surface area contributed by atoms with Crippen LogP contribution in [0.4, 0.5) is 15.4 Å². The maximum absolute atomic E-state index is 12.3. The molecule has 4 rings (SSSR count). The molecule has 0 aliphatic heterocycles. The van der Waals surface area contributed by atoms with Crippen molar-refractivity contribution in [3.8, 4) is 11.5 Å². The number of anilines is 1. The average molecular weight is 452 g/mol. The molecule has 2 heterocycles. The van der Waals surface area contributed by atoms with E-state index in [9.17, 15) is 19.5 Å². The van der Waals surface area contributed by atoms with Gasteiger partial charge in [0.15, 0.2) is 0 Å². The fourth-order valence-electron chi connectivity index (χ4n) is 3.19. The molecular weight excluding hydrogens is 428 g/mol. The minimum absolute atomic E-state index is 0.119. The van der Waals surface area contributed by atoms with Gasteiger partial charge in [-0.15, -0.1) is 0 Å². The lowest BCUT2D eigenvalue weighted by atomic mass is 10.2. The normalized spacial score (nSPS) is 13.8. The third-order valence-electron chi connectivity index (χ3n) is 5.03. The molecule has 0 radical (unpaired) electrons. The van der Waals surface area contributed by atoms with E-state index >= 15 is 0 Å². The summed E-state index contributed by atoms with van der Waals surface area (Å²) in [5.41, 5.74) is 0.736. The Morgan fingerprint density at radius 3 is 2.70 bits per heavy atom. The van der Waals surface area contributed by atoms with Crippen molar-refractivity contribution in [2.24, 2.45) is 0 Å². The fraction of sp³-hybridized carbons (Fsp3) is 0.273. The Labute approximate surface area is 189 Å². The SMILES string of the molecule is CNC(=O)n1ccc2cc(Oc3ccnc(NC(=O)N[C@@H](CO)C(=O)NC4CC4)c3)ccc21. The molecule has 4 amide bonds. The zero-order chi connectivity index (χ0) is 23.4. The van der Waals surface area contributed by atoms with E-state index in [-0.39, 0.29) is 17.9 Å². The Hall–Kier alpha value is -4.12. The van der Waals surface area contributed by atoms with Crippen molar-refractivity contribution in [1.82, 2.24) is 25.5 Å². The molecule has 0 bridgehead atoms. The van der Waals surface area contributed by atoms with Gasteiger partial charge in [-0.05, 0) is 43.2 Å². The van der Waals surface area contributed by atoms with Gasteiger partial charge in [-0.1, -0.05) is 0 Å². The molecule has 11 heteroatoms. The summed E-state index contributed by atoms with van der Waals surface area (Å²) in [7, 11) is 1.56. The predicted molar refractivity (Wildman–Crippen MR) is 120 cm³/mol. The topological polar surface area (TPSA) is 147 Å². The maximum Gasteiger partial charge on any atom is 0.325 e. The van der Waals surface area contributed by atoms with Gasteiger partial charge in [0.05, 0.1) is 12.1 Å². The van der Waals surface area contributed by atoms with Crippen molar-refractivity contribution >= 4 is 34.7 Å². The van der Waals surface area contributed by atoms with E-state index in [0.717, 1.165) is 23.7 Å². The largest absolute Gasteiger partial charge is 0.457 e. The number of benzene rings is 1. The van der Waals surface area contributed by atoms with Crippen LogP contribution in [0.5, 0.6) is 11.5 Å². The van der Waals surface area contributed by atoms with Gasteiger partial charge < -0.3 is 25.8 Å². The number of hydrogen-bond donors (Lipinski definition) is 5. The van der Waals surface area contributed by atoms with Gasteiger partial charge >= 0.3 is 12.1 Å². The molecule has 5 N–H and O–H groups in total. The molecule has 1 aromatic carbocycles. The van der Waals surface area contributed by atoms with Crippen LogP contribution in [-0.2, 0) is 4.79 Å². The lowest BCUT2D eigenvalue weighted by Crippen LogP contribution is -2.50. The molecule has 1 atom stereocenters. The highest BCUT2D eigenvalue weighted by atomic mass is 16.5. The van der Waals surface area contributed by atoms with Crippen LogP contribution in [0.15, 0.2) is 48.8 Å². The Kier molecular flexibility index (Phi) is 6.41. The van der Waals surface area contributed by atoms with Crippen LogP contribution in [0.3, 0.4) is 0 Å². The zero-order valence-corrected chi connectivity index (χ0v) is 17.9. The van der Waals surface area contributed by atoms with Crippen LogP contribution < -0.4 is 26.0 Å². The summed E-state index contributed by atoms with van der Waals surface area (Å²) in [6.45, 7) is -0.521. The smallest absolute Gasteiger partial charge is 0.325 e. The summed E-state index contributed by atoms with van der Waals surface area (Å²) in [4.78, 5) is 40.3. The Morgan fingerprint density at radius 2 is 1.97 bits per heavy atom. The van der Waals surface area contributed by atoms with Crippen molar-refractivity contribution in [2.75, 3.05) is 19.0 Å². The first kappa shape index (κ1) is 22.1. The van der Waals surface area contributed by atoms with Gasteiger partial charge in [-0.25, -0.2) is 14.6 Å². The van der Waals surface area contributed by atoms with E-state index in [1.54, 1.807) is 43.6 Å². The van der Waals surface area contributed by atoms with Gasteiger partial charge in [0.2, 0.25) is 5.91 Å². The van der Waals surface area contributed by atoms with Crippen LogP contribution in [0.1, 0.15) is 12.8 Å². The van der Waals surface area contributed by atoms with Crippen molar-refractivity contribution in [3.63, 3.8) is 0 Å². The number of pyridine rings is 1. The number of carbonyl (C=O) groups excluding carboxylic acids is 3. The van der Waals surface area contributed by atoms with E-state index in [2.05, 4.69) is 26.3 Å². The molecule has 0 unspecified atom stereocenters. The third-order valence-corrected chi connectivity index (χ3v) is 5.03. The first-order valence-corrected chi connectivity index (χ1v) is 10.4. The Morgan fingerprint density at radius 1 is 1.18 bits per heavy atom. The molecule has 3 aromatic rings. The zero-order valence-electron chi connectivity index (χ0n) is 17.9. The van der Waals surface area contributed by atoms with E-state index < -0.39 is 24.6 Å². The monoisotopic (exact) mass is 452 g/mol. The molecule has 33 heavy (non-hydrogen) atoms. The highest BCUT2D eigenvalue weighted by Gasteiger charge is 2.28. The number of nitrogens with one attached hydrogen (secondary N) is 4. The first-order chi connectivity index (χ1) is 16.0. The van der Waals surface area contributed by atoms with Crippen molar-refractivity contribution in [1.29, 1.82) is 0 Å². The molecule has 0 saturated heterocycles. The Bertz CT molecular complexity index is 1190. The van der Waals surface area contributed by atoms with E-state index in [0.29, 0.717) is 11.5 Å². The second kappa shape index (κ2) is 9.57. The second-order valence-corrected chi connectivity index (χ2v) is 7.56. The molecule has 172 valence electrons. The van der Waals surface area contributed by atoms with Crippen LogP contribution in [0.2, 0.25) is 0 Å². The van der Waals surface area contributed by atoms with Gasteiger partial charge in [-0.2, -0.15) is 0 Å². The number of nitrogens with zero attached hydrogens (tertiary/aromatic N) is 2. The molecule has 0 spiro atoms. The highest BCUT2D eigenvalue weighted by molar-refractivity contribution is 5.94. The maximum atomic E-state index is 12.3. The lowest BCUT2D eigenvalue weighted by Gasteiger charge is -2.16. The second-order valence-electron chi connectivity index (χ2n) is 7.56. The molecule has 1 saturated carbocycles. The number of amides is 4. The van der Waals surface area contributed by atoms with Gasteiger partial charge in [0, 0.05) is 36.9 Å². The molecule has 1 fully saturated rings. The van der Waals surface area contributed by atoms with E-state index in [1.807, 2.05) is 0 Å². The van der Waals surface area contributed by atoms with Gasteiger partial charge in [0.25, 0.3) is 0 Å². The van der Waals surface area contributed by atoms with Crippen molar-refractivity contribution < 1.29 is 24.2 Å². The number of ether oxygens (including phenoxy) is 1. The number of aromatic nitrogens is 2. The molecule has 11 nitrogen and oxygen atoms in total. The van der Waals surface area contributed by atoms with Crippen LogP contribution >= 0.6 is 0 Å². The van der Waals surface area contributed by atoms with Crippen molar-refractivity contribution in [3.05, 3.63) is 48.8 Å². The quantitative estimate of drug-likeness (QED) is 0.369. The van der Waals surface area contributed by atoms with Gasteiger partial charge in [-0.3, -0.25) is 14.7 Å². The lowest BCUT2D eigenvalue weighted by molar-refractivity contribution is -0.123. The number of aliphatic hydroxyl groups is 1. The van der Waals surface area contributed by atoms with Crippen LogP contribution in [0, 0.1) is 0 Å². The van der Waals surface area contributed by atoms with Crippen LogP contribution in [-0.4, -0.2) is 58.4 Å². The number of aliphatic hydroxyl groups excluding tert-OH is 1. The minimum atomic E-state index is -1.06. The standard InChI is InChI=1S/C22H24N6O5/c1-23-22(32)28-9-7-13-10-15(4-5-18(13)28)33-16-6-8-24-19(11-16)27-21(31)26-17(12-29)20(30)25-14-2-3-14/h4-11,14,17,29H,2-3,12H2,1H3,(H,23,32)(H,25,30)(H2,24,26,27,31)/t17-/m0/s1. The molecule has 1 aliphatic carbocycles. The number of fused-ring (bicyclic) bond motifs is 1. The number of hydrogen-bond acceptors (Lipinski definition) is 6. The predicted octanol–water partition coefficient (Wildman–Crippen LogP) is 1.78. The number of carbonyl (C=O) groups is 3. The molecule has 2 aromatic heterocycles. The fourth-order valence-corrected chi connectivity index (χ4v) is 3.19. The van der Waals surface area contributed by atoms with Gasteiger partial charge in [0.1, 0.15) is 23.4 Å². The van der Waals surface area contributed by atoms with Crippen molar-refractivity contribution in [2.45, 2.75) is 24.9 Å². The Balaban J connectivity index is 1.39. The summed E-state index contributed by atoms with van der Waals surface area (Å²) in [5, 5.41) is 20.5. The van der Waals surface area contributed by atoms with Crippen LogP contribution in [0.25, 0.3) is 10.9 Å². The summed E-state index contributed by atoms with van der Waals surface area (Å²) in [5.74, 6) is 0.739. The summed E-state index contributed by atoms with van der Waals surface area (Å²) >= 11 is 0. The number of rotatable bonds is 7. The number of urea groups is 1. The molecular formula is C22H24N6O5. The summed E-state index contributed by atoms with van der Waals surface area (Å²) in [6.07, 6.45) is 4.94. The highest BCUT2D eigenvalue weighted by Crippen LogP contribution is 2.27. The van der Waals surface area contributed by atoms with E-state index in [4.69, 9.17) is 4.74 Å². The average Bonchev–Trinajstić information content (AvgIpc) is 3.52. The first-order valence-electron chi connectivity index (χ1n) is 10.4.